The van der Waals surface area contributed by atoms with Crippen LogP contribution in [0.5, 0.6) is 0 Å². The summed E-state index contributed by atoms with van der Waals surface area (Å²) in [5.74, 6) is 0.447. The Morgan fingerprint density at radius 2 is 1.89 bits per heavy atom. The van der Waals surface area contributed by atoms with Crippen LogP contribution in [0.1, 0.15) is 46.5 Å². The van der Waals surface area contributed by atoms with Crippen molar-refractivity contribution in [3.05, 3.63) is 0 Å². The number of carbonyl (C=O) groups excluding carboxylic acids is 1. The van der Waals surface area contributed by atoms with Gasteiger partial charge in [0.05, 0.1) is 6.61 Å². The van der Waals surface area contributed by atoms with Gasteiger partial charge in [0.2, 0.25) is 5.91 Å². The fourth-order valence-electron chi connectivity index (χ4n) is 2.67. The van der Waals surface area contributed by atoms with Crippen molar-refractivity contribution in [1.82, 2.24) is 5.32 Å². The van der Waals surface area contributed by atoms with Crippen molar-refractivity contribution < 1.29 is 9.53 Å². The Kier molecular flexibility index (Phi) is 6.09. The van der Waals surface area contributed by atoms with E-state index in [1.807, 2.05) is 0 Å². The van der Waals surface area contributed by atoms with Crippen LogP contribution in [0.4, 0.5) is 0 Å². The predicted molar refractivity (Wildman–Crippen MR) is 73.2 cm³/mol. The molecule has 106 valence electrons. The Hall–Kier alpha value is -0.610. The molecule has 1 amide bonds. The summed E-state index contributed by atoms with van der Waals surface area (Å²) < 4.78 is 5.12. The molecular formula is C14H28N2O2. The smallest absolute Gasteiger partial charge is 0.243 e. The number of nitrogens with two attached hydrogens (primary N) is 1. The second kappa shape index (κ2) is 7.10. The monoisotopic (exact) mass is 256 g/mol. The number of ether oxygens (including phenoxy) is 1. The lowest BCUT2D eigenvalue weighted by molar-refractivity contribution is -0.122. The lowest BCUT2D eigenvalue weighted by Gasteiger charge is -2.37. The molecule has 1 rings (SSSR count). The maximum absolute atomic E-state index is 10.5. The van der Waals surface area contributed by atoms with Crippen LogP contribution in [0, 0.1) is 11.3 Å². The molecular weight excluding hydrogens is 228 g/mol. The molecule has 0 heterocycles. The third-order valence-electron chi connectivity index (χ3n) is 3.88. The topological polar surface area (TPSA) is 64.3 Å². The van der Waals surface area contributed by atoms with Gasteiger partial charge in [-0.3, -0.25) is 4.79 Å². The number of primary amides is 1. The highest BCUT2D eigenvalue weighted by atomic mass is 16.5. The number of nitrogens with one attached hydrogen (secondary N) is 1. The molecule has 0 unspecified atom stereocenters. The minimum absolute atomic E-state index is 0.0262. The van der Waals surface area contributed by atoms with E-state index in [-0.39, 0.29) is 6.61 Å². The summed E-state index contributed by atoms with van der Waals surface area (Å²) in [6.07, 6.45) is 5.11. The van der Waals surface area contributed by atoms with Crippen molar-refractivity contribution in [3.63, 3.8) is 0 Å². The lowest BCUT2D eigenvalue weighted by Crippen LogP contribution is -2.38. The first kappa shape index (κ1) is 15.4. The van der Waals surface area contributed by atoms with Crippen LogP contribution in [0.25, 0.3) is 0 Å². The molecule has 0 saturated heterocycles. The Morgan fingerprint density at radius 1 is 1.28 bits per heavy atom. The molecule has 18 heavy (non-hydrogen) atoms. The number of hydrogen-bond donors (Lipinski definition) is 2. The van der Waals surface area contributed by atoms with Gasteiger partial charge in [-0.25, -0.2) is 0 Å². The Bertz CT molecular complexity index is 253. The molecule has 0 radical (unpaired) electrons. The van der Waals surface area contributed by atoms with Gasteiger partial charge in [0, 0.05) is 12.6 Å². The minimum atomic E-state index is -0.402. The molecule has 0 aromatic heterocycles. The Labute approximate surface area is 111 Å². The Morgan fingerprint density at radius 3 is 2.39 bits per heavy atom. The van der Waals surface area contributed by atoms with Crippen molar-refractivity contribution in [2.24, 2.45) is 17.1 Å². The first-order chi connectivity index (χ1) is 8.39. The van der Waals surface area contributed by atoms with Crippen LogP contribution < -0.4 is 11.1 Å². The number of amides is 1. The molecule has 3 N–H and O–H groups in total. The molecule has 4 nitrogen and oxygen atoms in total. The molecule has 0 aromatic rings. The zero-order valence-corrected chi connectivity index (χ0v) is 12.0. The van der Waals surface area contributed by atoms with Crippen LogP contribution in [0.15, 0.2) is 0 Å². The molecule has 0 atom stereocenters. The van der Waals surface area contributed by atoms with E-state index in [4.69, 9.17) is 10.5 Å². The summed E-state index contributed by atoms with van der Waals surface area (Å²) >= 11 is 0. The molecule has 1 saturated carbocycles. The number of rotatable bonds is 6. The lowest BCUT2D eigenvalue weighted by atomic mass is 9.71. The van der Waals surface area contributed by atoms with Crippen molar-refractivity contribution in [3.8, 4) is 0 Å². The molecule has 0 spiro atoms. The average Bonchev–Trinajstić information content (AvgIpc) is 2.27. The average molecular weight is 256 g/mol. The standard InChI is InChI=1S/C14H28N2O2/c1-14(2,3)11-4-6-12(7-5-11)16-8-9-18-10-13(15)17/h11-12,16H,4-10H2,1-3H3,(H2,15,17). The third-order valence-corrected chi connectivity index (χ3v) is 3.88. The molecule has 0 bridgehead atoms. The fraction of sp³-hybridized carbons (Fsp3) is 0.929. The molecule has 1 fully saturated rings. The van der Waals surface area contributed by atoms with Gasteiger partial charge in [-0.2, -0.15) is 0 Å². The number of hydrogen-bond acceptors (Lipinski definition) is 3. The molecule has 1 aliphatic rings. The molecule has 1 aliphatic carbocycles. The van der Waals surface area contributed by atoms with Crippen molar-refractivity contribution >= 4 is 5.91 Å². The van der Waals surface area contributed by atoms with Gasteiger partial charge in [-0.15, -0.1) is 0 Å². The molecule has 0 aromatic carbocycles. The third kappa shape index (κ3) is 5.83. The van der Waals surface area contributed by atoms with Gasteiger partial charge in [-0.05, 0) is 37.0 Å². The summed E-state index contributed by atoms with van der Waals surface area (Å²) in [4.78, 5) is 10.5. The van der Waals surface area contributed by atoms with E-state index in [1.54, 1.807) is 0 Å². The van der Waals surface area contributed by atoms with Gasteiger partial charge in [0.1, 0.15) is 6.61 Å². The van der Waals surface area contributed by atoms with Crippen LogP contribution in [0.2, 0.25) is 0 Å². The highest BCUT2D eigenvalue weighted by molar-refractivity contribution is 5.74. The molecule has 0 aliphatic heterocycles. The first-order valence-electron chi connectivity index (χ1n) is 6.99. The van der Waals surface area contributed by atoms with Crippen LogP contribution >= 0.6 is 0 Å². The minimum Gasteiger partial charge on any atom is -0.370 e. The Balaban J connectivity index is 2.07. The van der Waals surface area contributed by atoms with E-state index in [0.29, 0.717) is 18.1 Å². The summed E-state index contributed by atoms with van der Waals surface area (Å²) in [5, 5.41) is 3.49. The van der Waals surface area contributed by atoms with Crippen LogP contribution in [-0.2, 0) is 9.53 Å². The summed E-state index contributed by atoms with van der Waals surface area (Å²) in [5.41, 5.74) is 5.43. The first-order valence-corrected chi connectivity index (χ1v) is 6.99. The fourth-order valence-corrected chi connectivity index (χ4v) is 2.67. The maximum Gasteiger partial charge on any atom is 0.243 e. The van der Waals surface area contributed by atoms with Gasteiger partial charge in [-0.1, -0.05) is 20.8 Å². The quantitative estimate of drug-likeness (QED) is 0.711. The van der Waals surface area contributed by atoms with E-state index >= 15 is 0 Å². The van der Waals surface area contributed by atoms with Gasteiger partial charge in [0.15, 0.2) is 0 Å². The van der Waals surface area contributed by atoms with Crippen molar-refractivity contribution in [1.29, 1.82) is 0 Å². The van der Waals surface area contributed by atoms with Crippen LogP contribution in [-0.4, -0.2) is 31.7 Å². The zero-order valence-electron chi connectivity index (χ0n) is 12.0. The predicted octanol–water partition coefficient (Wildman–Crippen LogP) is 1.68. The SMILES string of the molecule is CC(C)(C)C1CCC(NCCOCC(N)=O)CC1. The van der Waals surface area contributed by atoms with E-state index in [1.165, 1.54) is 25.7 Å². The van der Waals surface area contributed by atoms with E-state index in [0.717, 1.165) is 12.5 Å². The van der Waals surface area contributed by atoms with Gasteiger partial charge < -0.3 is 15.8 Å². The highest BCUT2D eigenvalue weighted by Gasteiger charge is 2.29. The largest absolute Gasteiger partial charge is 0.370 e. The number of carbonyl (C=O) groups is 1. The van der Waals surface area contributed by atoms with E-state index < -0.39 is 5.91 Å². The van der Waals surface area contributed by atoms with Gasteiger partial charge >= 0.3 is 0 Å². The summed E-state index contributed by atoms with van der Waals surface area (Å²) in [7, 11) is 0. The maximum atomic E-state index is 10.5. The normalized spacial score (nSPS) is 25.1. The second-order valence-electron chi connectivity index (χ2n) is 6.39. The summed E-state index contributed by atoms with van der Waals surface area (Å²) in [6.45, 7) is 8.40. The molecule has 4 heteroatoms. The summed E-state index contributed by atoms with van der Waals surface area (Å²) in [6, 6.07) is 0.612. The second-order valence-corrected chi connectivity index (χ2v) is 6.39. The van der Waals surface area contributed by atoms with Gasteiger partial charge in [0.25, 0.3) is 0 Å². The highest BCUT2D eigenvalue weighted by Crippen LogP contribution is 2.37. The van der Waals surface area contributed by atoms with Crippen molar-refractivity contribution in [2.75, 3.05) is 19.8 Å². The van der Waals surface area contributed by atoms with Crippen molar-refractivity contribution in [2.45, 2.75) is 52.5 Å². The van der Waals surface area contributed by atoms with E-state index in [2.05, 4.69) is 26.1 Å². The van der Waals surface area contributed by atoms with Crippen LogP contribution in [0.3, 0.4) is 0 Å². The van der Waals surface area contributed by atoms with E-state index in [9.17, 15) is 4.79 Å². The zero-order chi connectivity index (χ0) is 13.6.